The molecule has 1 aliphatic heterocycles. The number of halogens is 1. The maximum Gasteiger partial charge on any atom is 0.162 e. The van der Waals surface area contributed by atoms with Crippen LogP contribution in [0, 0.1) is 11.3 Å². The van der Waals surface area contributed by atoms with Crippen LogP contribution in [0.2, 0.25) is 5.15 Å². The molecule has 0 amide bonds. The minimum atomic E-state index is 0.299. The predicted molar refractivity (Wildman–Crippen MR) is 82.9 cm³/mol. The van der Waals surface area contributed by atoms with Gasteiger partial charge in [0, 0.05) is 32.4 Å². The molecule has 1 fully saturated rings. The van der Waals surface area contributed by atoms with E-state index in [1.54, 1.807) is 6.20 Å². The van der Waals surface area contributed by atoms with E-state index in [1.165, 1.54) is 11.5 Å². The summed E-state index contributed by atoms with van der Waals surface area (Å²) >= 11 is 7.24. The molecule has 3 heterocycles. The summed E-state index contributed by atoms with van der Waals surface area (Å²) in [4.78, 5) is 4.39. The lowest BCUT2D eigenvalue weighted by molar-refractivity contribution is 0.786. The monoisotopic (exact) mass is 320 g/mol. The van der Waals surface area contributed by atoms with Gasteiger partial charge in [-0.1, -0.05) is 11.6 Å². The molecular formula is C13H13ClN6S. The second kappa shape index (κ2) is 6.24. The Morgan fingerprint density at radius 2 is 2.05 bits per heavy atom. The van der Waals surface area contributed by atoms with Crippen LogP contribution in [-0.2, 0) is 0 Å². The molecule has 0 aromatic carbocycles. The normalized spacial score (nSPS) is 15.6. The minimum Gasteiger partial charge on any atom is -0.359 e. The number of hydrogen-bond donors (Lipinski definition) is 0. The summed E-state index contributed by atoms with van der Waals surface area (Å²) < 4.78 is 4.08. The van der Waals surface area contributed by atoms with E-state index in [-0.39, 0.29) is 0 Å². The van der Waals surface area contributed by atoms with Gasteiger partial charge in [-0.3, -0.25) is 0 Å². The van der Waals surface area contributed by atoms with E-state index in [0.29, 0.717) is 10.7 Å². The number of rotatable bonds is 2. The number of hydrogen-bond acceptors (Lipinski definition) is 7. The van der Waals surface area contributed by atoms with Crippen LogP contribution >= 0.6 is 23.1 Å². The molecular weight excluding hydrogens is 308 g/mol. The van der Waals surface area contributed by atoms with E-state index in [1.807, 2.05) is 12.1 Å². The second-order valence-electron chi connectivity index (χ2n) is 4.67. The van der Waals surface area contributed by atoms with Gasteiger partial charge in [-0.15, -0.1) is 5.10 Å². The highest BCUT2D eigenvalue weighted by atomic mass is 35.5. The maximum absolute atomic E-state index is 9.20. The molecule has 1 saturated heterocycles. The van der Waals surface area contributed by atoms with Crippen molar-refractivity contribution in [2.24, 2.45) is 0 Å². The second-order valence-corrected chi connectivity index (χ2v) is 5.78. The first-order chi connectivity index (χ1) is 10.3. The van der Waals surface area contributed by atoms with E-state index in [9.17, 15) is 5.26 Å². The Bertz CT molecular complexity index is 652. The molecule has 108 valence electrons. The quantitative estimate of drug-likeness (QED) is 0.844. The Balaban J connectivity index is 1.76. The number of nitriles is 1. The van der Waals surface area contributed by atoms with Crippen molar-refractivity contribution in [2.45, 2.75) is 6.42 Å². The zero-order valence-corrected chi connectivity index (χ0v) is 12.8. The molecule has 0 aliphatic carbocycles. The van der Waals surface area contributed by atoms with Crippen molar-refractivity contribution < 1.29 is 0 Å². The van der Waals surface area contributed by atoms with Gasteiger partial charge >= 0.3 is 0 Å². The molecule has 0 atom stereocenters. The SMILES string of the molecule is N#Cc1c(Cl)nsc1N1CCCN(c2cccnn2)CC1. The minimum absolute atomic E-state index is 0.299. The van der Waals surface area contributed by atoms with E-state index >= 15 is 0 Å². The molecule has 3 rings (SSSR count). The molecule has 0 saturated carbocycles. The molecule has 8 heteroatoms. The third-order valence-corrected chi connectivity index (χ3v) is 4.69. The predicted octanol–water partition coefficient (Wildman–Crippen LogP) is 2.17. The fourth-order valence-electron chi connectivity index (χ4n) is 2.38. The molecule has 0 unspecified atom stereocenters. The molecule has 0 radical (unpaired) electrons. The van der Waals surface area contributed by atoms with Gasteiger partial charge in [0.1, 0.15) is 16.6 Å². The number of aromatic nitrogens is 3. The van der Waals surface area contributed by atoms with Gasteiger partial charge in [-0.25, -0.2) is 0 Å². The van der Waals surface area contributed by atoms with Crippen LogP contribution in [0.15, 0.2) is 18.3 Å². The zero-order chi connectivity index (χ0) is 14.7. The van der Waals surface area contributed by atoms with Crippen molar-refractivity contribution >= 4 is 34.0 Å². The van der Waals surface area contributed by atoms with E-state index < -0.39 is 0 Å². The summed E-state index contributed by atoms with van der Waals surface area (Å²) in [6.45, 7) is 3.44. The van der Waals surface area contributed by atoms with Gasteiger partial charge in [-0.05, 0) is 30.1 Å². The number of anilines is 2. The van der Waals surface area contributed by atoms with Crippen LogP contribution in [-0.4, -0.2) is 40.7 Å². The van der Waals surface area contributed by atoms with Gasteiger partial charge in [-0.2, -0.15) is 14.7 Å². The third-order valence-electron chi connectivity index (χ3n) is 3.41. The Labute approximate surface area is 131 Å². The molecule has 2 aromatic rings. The summed E-state index contributed by atoms with van der Waals surface area (Å²) in [5, 5.41) is 18.4. The van der Waals surface area contributed by atoms with E-state index in [2.05, 4.69) is 30.4 Å². The molecule has 0 spiro atoms. The molecule has 1 aliphatic rings. The van der Waals surface area contributed by atoms with Crippen LogP contribution in [0.5, 0.6) is 0 Å². The largest absolute Gasteiger partial charge is 0.359 e. The first-order valence-electron chi connectivity index (χ1n) is 6.62. The van der Waals surface area contributed by atoms with Crippen LogP contribution < -0.4 is 9.80 Å². The maximum atomic E-state index is 9.20. The smallest absolute Gasteiger partial charge is 0.162 e. The summed E-state index contributed by atoms with van der Waals surface area (Å²) in [6.07, 6.45) is 2.66. The van der Waals surface area contributed by atoms with Crippen LogP contribution in [0.25, 0.3) is 0 Å². The van der Waals surface area contributed by atoms with Crippen molar-refractivity contribution in [3.05, 3.63) is 29.0 Å². The van der Waals surface area contributed by atoms with E-state index in [0.717, 1.165) is 43.4 Å². The van der Waals surface area contributed by atoms with Crippen molar-refractivity contribution in [3.8, 4) is 6.07 Å². The summed E-state index contributed by atoms with van der Waals surface area (Å²) in [5.41, 5.74) is 0.481. The highest BCUT2D eigenvalue weighted by molar-refractivity contribution is 7.10. The van der Waals surface area contributed by atoms with Crippen molar-refractivity contribution in [3.63, 3.8) is 0 Å². The number of nitrogens with zero attached hydrogens (tertiary/aromatic N) is 6. The van der Waals surface area contributed by atoms with E-state index in [4.69, 9.17) is 11.6 Å². The highest BCUT2D eigenvalue weighted by Crippen LogP contribution is 2.31. The Kier molecular flexibility index (Phi) is 4.18. The van der Waals surface area contributed by atoms with Crippen molar-refractivity contribution in [1.29, 1.82) is 5.26 Å². The molecule has 6 nitrogen and oxygen atoms in total. The van der Waals surface area contributed by atoms with Crippen molar-refractivity contribution in [2.75, 3.05) is 36.0 Å². The van der Waals surface area contributed by atoms with Gasteiger partial charge in [0.05, 0.1) is 0 Å². The lowest BCUT2D eigenvalue weighted by Crippen LogP contribution is -2.31. The van der Waals surface area contributed by atoms with Gasteiger partial charge < -0.3 is 9.80 Å². The average molecular weight is 321 g/mol. The standard InChI is InChI=1S/C13H13ClN6S/c14-12-10(9-15)13(21-18-12)20-6-2-5-19(7-8-20)11-3-1-4-16-17-11/h1,3-4H,2,5-8H2. The van der Waals surface area contributed by atoms with Crippen LogP contribution in [0.1, 0.15) is 12.0 Å². The Hall–Kier alpha value is -1.91. The lowest BCUT2D eigenvalue weighted by atomic mass is 10.3. The van der Waals surface area contributed by atoms with Crippen molar-refractivity contribution in [1.82, 2.24) is 14.6 Å². The summed E-state index contributed by atoms with van der Waals surface area (Å²) in [7, 11) is 0. The molecule has 21 heavy (non-hydrogen) atoms. The van der Waals surface area contributed by atoms with Crippen LogP contribution in [0.4, 0.5) is 10.8 Å². The molecule has 0 bridgehead atoms. The van der Waals surface area contributed by atoms with Gasteiger partial charge in [0.25, 0.3) is 0 Å². The first kappa shape index (κ1) is 14.0. The lowest BCUT2D eigenvalue weighted by Gasteiger charge is -2.22. The summed E-state index contributed by atoms with van der Waals surface area (Å²) in [6, 6.07) is 6.00. The molecule has 2 aromatic heterocycles. The molecule has 0 N–H and O–H groups in total. The van der Waals surface area contributed by atoms with Gasteiger partial charge in [0.2, 0.25) is 0 Å². The third kappa shape index (κ3) is 2.91. The fraction of sp³-hybridized carbons (Fsp3) is 0.385. The van der Waals surface area contributed by atoms with Gasteiger partial charge in [0.15, 0.2) is 11.0 Å². The van der Waals surface area contributed by atoms with Crippen LogP contribution in [0.3, 0.4) is 0 Å². The Morgan fingerprint density at radius 3 is 2.81 bits per heavy atom. The average Bonchev–Trinajstić information content (AvgIpc) is 2.74. The Morgan fingerprint density at radius 1 is 1.24 bits per heavy atom. The fourth-order valence-corrected chi connectivity index (χ4v) is 3.47. The zero-order valence-electron chi connectivity index (χ0n) is 11.2. The first-order valence-corrected chi connectivity index (χ1v) is 7.77. The topological polar surface area (TPSA) is 68.9 Å². The highest BCUT2D eigenvalue weighted by Gasteiger charge is 2.22. The summed E-state index contributed by atoms with van der Waals surface area (Å²) in [5.74, 6) is 0.891.